The molecule has 0 amide bonds. The van der Waals surface area contributed by atoms with Gasteiger partial charge < -0.3 is 4.52 Å². The minimum absolute atomic E-state index is 0.251. The molecule has 16 heavy (non-hydrogen) atoms. The average molecular weight is 282 g/mol. The van der Waals surface area contributed by atoms with Gasteiger partial charge in [-0.25, -0.2) is 15.6 Å². The van der Waals surface area contributed by atoms with E-state index in [1.54, 1.807) is 12.1 Å². The molecule has 0 bridgehead atoms. The van der Waals surface area contributed by atoms with E-state index < -0.39 is 14.3 Å². The molecule has 0 aliphatic rings. The fourth-order valence-corrected chi connectivity index (χ4v) is 3.28. The Morgan fingerprint density at radius 1 is 1.00 bits per heavy atom. The van der Waals surface area contributed by atoms with Crippen molar-refractivity contribution in [3.63, 3.8) is 0 Å². The Labute approximate surface area is 96.7 Å². The van der Waals surface area contributed by atoms with Gasteiger partial charge in [0.25, 0.3) is 6.65 Å². The van der Waals surface area contributed by atoms with Gasteiger partial charge in [0, 0.05) is 4.90 Å². The Kier molecular flexibility index (Phi) is 4.20. The number of nitrogens with two attached hydrogens (primary N) is 4. The summed E-state index contributed by atoms with van der Waals surface area (Å²) in [6.07, 6.45) is 0. The Hall–Kier alpha value is -0.330. The first kappa shape index (κ1) is 13.7. The fourth-order valence-electron chi connectivity index (χ4n) is 0.891. The van der Waals surface area contributed by atoms with Crippen LogP contribution in [-0.4, -0.2) is 0 Å². The molecule has 8 N–H and O–H groups in total. The van der Waals surface area contributed by atoms with E-state index in [1.807, 2.05) is 0 Å². The van der Waals surface area contributed by atoms with Crippen LogP contribution >= 0.6 is 25.7 Å². The van der Waals surface area contributed by atoms with E-state index in [4.69, 9.17) is 26.5 Å². The van der Waals surface area contributed by atoms with Crippen molar-refractivity contribution in [1.82, 2.24) is 0 Å². The molecule has 0 atom stereocenters. The molecule has 0 aliphatic carbocycles. The summed E-state index contributed by atoms with van der Waals surface area (Å²) in [6.45, 7) is -3.17. The largest absolute Gasteiger partial charge is 0.422 e. The third-order valence-electron chi connectivity index (χ3n) is 1.32. The Balaban J connectivity index is 2.76. The number of hydrogen-bond donors (Lipinski definition) is 4. The second kappa shape index (κ2) is 4.89. The zero-order valence-electron chi connectivity index (χ0n) is 8.15. The topological polar surface area (TPSA) is 147 Å². The molecule has 0 aliphatic heterocycles. The molecule has 0 saturated carbocycles. The van der Waals surface area contributed by atoms with E-state index in [2.05, 4.69) is 0 Å². The second-order valence-electron chi connectivity index (χ2n) is 2.94. The van der Waals surface area contributed by atoms with Gasteiger partial charge >= 0.3 is 7.67 Å². The molecule has 0 spiro atoms. The van der Waals surface area contributed by atoms with Crippen LogP contribution in [0.4, 0.5) is 0 Å². The van der Waals surface area contributed by atoms with Gasteiger partial charge in [-0.05, 0) is 35.6 Å². The van der Waals surface area contributed by atoms with Crippen molar-refractivity contribution < 1.29 is 13.7 Å². The van der Waals surface area contributed by atoms with Crippen LogP contribution in [-0.2, 0) is 9.13 Å². The average Bonchev–Trinajstić information content (AvgIpc) is 2.03. The normalized spacial score (nSPS) is 12.5. The van der Waals surface area contributed by atoms with E-state index >= 15 is 0 Å². The first-order valence-corrected chi connectivity index (χ1v) is 9.02. The summed E-state index contributed by atoms with van der Waals surface area (Å²) in [5.74, 6) is 0.251. The van der Waals surface area contributed by atoms with E-state index in [0.29, 0.717) is 4.90 Å². The lowest BCUT2D eigenvalue weighted by molar-refractivity contribution is 0.484. The number of benzene rings is 1. The molecule has 1 aromatic carbocycles. The number of rotatable bonds is 4. The summed E-state index contributed by atoms with van der Waals surface area (Å²) in [4.78, 5) is 0.601. The highest BCUT2D eigenvalue weighted by Crippen LogP contribution is 2.48. The predicted molar refractivity (Wildman–Crippen MR) is 64.9 cm³/mol. The van der Waals surface area contributed by atoms with Crippen LogP contribution in [0.2, 0.25) is 0 Å². The molecule has 1 aromatic rings. The Morgan fingerprint density at radius 2 is 1.50 bits per heavy atom. The van der Waals surface area contributed by atoms with Crippen LogP contribution in [0.3, 0.4) is 0 Å². The quantitative estimate of drug-likeness (QED) is 0.602. The first-order chi connectivity index (χ1) is 7.16. The highest BCUT2D eigenvalue weighted by atomic mass is 32.7. The smallest absolute Gasteiger partial charge is 0.385 e. The van der Waals surface area contributed by atoms with Crippen LogP contribution in [0.1, 0.15) is 0 Å². The lowest BCUT2D eigenvalue weighted by Crippen LogP contribution is -2.10. The molecule has 0 saturated heterocycles. The standard InChI is InChI=1S/C6H12N4O3P2S/c7-14(8,11)13-5-1-3-6(4-2-5)16-15(9,10)12/h1-4H,(H4,7,8,11)(H4,9,10,12). The number of hydrogen-bond acceptors (Lipinski definition) is 4. The molecule has 0 unspecified atom stereocenters. The minimum atomic E-state index is -3.55. The summed E-state index contributed by atoms with van der Waals surface area (Å²) < 4.78 is 26.8. The third-order valence-corrected chi connectivity index (χ3v) is 4.07. The van der Waals surface area contributed by atoms with Gasteiger partial charge in [0.05, 0.1) is 0 Å². The Morgan fingerprint density at radius 3 is 1.88 bits per heavy atom. The summed E-state index contributed by atoms with van der Waals surface area (Å²) in [7, 11) is -3.55. The van der Waals surface area contributed by atoms with Crippen molar-refractivity contribution in [2.45, 2.75) is 4.90 Å². The summed E-state index contributed by atoms with van der Waals surface area (Å²) in [5.41, 5.74) is 20.4. The molecule has 0 fully saturated rings. The van der Waals surface area contributed by atoms with Crippen molar-refractivity contribution in [2.24, 2.45) is 22.0 Å². The predicted octanol–water partition coefficient (Wildman–Crippen LogP) is 1.21. The minimum Gasteiger partial charge on any atom is -0.422 e. The second-order valence-corrected chi connectivity index (χ2v) is 8.62. The van der Waals surface area contributed by atoms with E-state index in [1.165, 1.54) is 12.1 Å². The molecule has 7 nitrogen and oxygen atoms in total. The molecular weight excluding hydrogens is 270 g/mol. The van der Waals surface area contributed by atoms with Gasteiger partial charge in [-0.15, -0.1) is 0 Å². The van der Waals surface area contributed by atoms with Crippen LogP contribution in [0.5, 0.6) is 5.75 Å². The molecule has 10 heteroatoms. The van der Waals surface area contributed by atoms with E-state index in [9.17, 15) is 9.13 Å². The Bertz CT molecular complexity index is 410. The van der Waals surface area contributed by atoms with Crippen LogP contribution in [0.15, 0.2) is 29.2 Å². The van der Waals surface area contributed by atoms with Crippen LogP contribution < -0.4 is 26.5 Å². The lowest BCUT2D eigenvalue weighted by atomic mass is 10.3. The van der Waals surface area contributed by atoms with Gasteiger partial charge in [-0.3, -0.25) is 15.6 Å². The SMILES string of the molecule is NP(N)(=O)Oc1ccc(SP(N)(N)=O)cc1. The van der Waals surface area contributed by atoms with Gasteiger partial charge in [0.1, 0.15) is 5.75 Å². The zero-order valence-corrected chi connectivity index (χ0v) is 10.8. The molecule has 90 valence electrons. The third kappa shape index (κ3) is 5.67. The molecule has 1 rings (SSSR count). The highest BCUT2D eigenvalue weighted by molar-refractivity contribution is 8.56. The maximum absolute atomic E-state index is 11.1. The molecular formula is C6H12N4O3P2S. The maximum atomic E-state index is 11.1. The molecule has 0 aromatic heterocycles. The van der Waals surface area contributed by atoms with Crippen molar-refractivity contribution in [3.05, 3.63) is 24.3 Å². The first-order valence-electron chi connectivity index (χ1n) is 3.99. The zero-order chi connectivity index (χ0) is 12.4. The van der Waals surface area contributed by atoms with Crippen molar-refractivity contribution >= 4 is 25.7 Å². The molecule has 0 radical (unpaired) electrons. The van der Waals surface area contributed by atoms with Crippen molar-refractivity contribution in [3.8, 4) is 5.75 Å². The van der Waals surface area contributed by atoms with Gasteiger partial charge in [0.15, 0.2) is 0 Å². The summed E-state index contributed by atoms with van der Waals surface area (Å²) >= 11 is 0.851. The van der Waals surface area contributed by atoms with Crippen molar-refractivity contribution in [1.29, 1.82) is 0 Å². The highest BCUT2D eigenvalue weighted by Gasteiger charge is 2.13. The van der Waals surface area contributed by atoms with Gasteiger partial charge in [-0.2, -0.15) is 0 Å². The van der Waals surface area contributed by atoms with Gasteiger partial charge in [-0.1, -0.05) is 0 Å². The molecule has 0 heterocycles. The van der Waals surface area contributed by atoms with E-state index in [-0.39, 0.29) is 5.75 Å². The van der Waals surface area contributed by atoms with Crippen LogP contribution in [0, 0.1) is 0 Å². The van der Waals surface area contributed by atoms with Crippen molar-refractivity contribution in [2.75, 3.05) is 0 Å². The monoisotopic (exact) mass is 282 g/mol. The fraction of sp³-hybridized carbons (Fsp3) is 0. The lowest BCUT2D eigenvalue weighted by Gasteiger charge is -2.10. The summed E-state index contributed by atoms with van der Waals surface area (Å²) in [6, 6.07) is 6.07. The van der Waals surface area contributed by atoms with Crippen LogP contribution in [0.25, 0.3) is 0 Å². The van der Waals surface area contributed by atoms with E-state index in [0.717, 1.165) is 11.4 Å². The summed E-state index contributed by atoms with van der Waals surface area (Å²) in [5, 5.41) is 0. The maximum Gasteiger partial charge on any atom is 0.385 e. The van der Waals surface area contributed by atoms with Gasteiger partial charge in [0.2, 0.25) is 0 Å².